The minimum absolute atomic E-state index is 0.600. The van der Waals surface area contributed by atoms with Crippen molar-refractivity contribution in [1.29, 1.82) is 0 Å². The summed E-state index contributed by atoms with van der Waals surface area (Å²) in [4.78, 5) is 9.79. The summed E-state index contributed by atoms with van der Waals surface area (Å²) in [7, 11) is 0. The first-order valence-electron chi connectivity index (χ1n) is 4.05. The zero-order valence-electron chi connectivity index (χ0n) is 7.25. The van der Waals surface area contributed by atoms with E-state index < -0.39 is 0 Å². The molecule has 5 nitrogen and oxygen atoms in total. The normalized spacial score (nSPS) is 9.43. The second-order valence-electron chi connectivity index (χ2n) is 2.67. The lowest BCUT2D eigenvalue weighted by Crippen LogP contribution is -1.78. The van der Waals surface area contributed by atoms with Gasteiger partial charge in [-0.25, -0.2) is 4.98 Å². The van der Waals surface area contributed by atoms with E-state index in [1.54, 1.807) is 24.5 Å². The molecule has 68 valence electrons. The highest BCUT2D eigenvalue weighted by atomic mass is 15.1. The Balaban J connectivity index is 2.35. The Kier molecular flexibility index (Phi) is 2.17. The number of hydrogen-bond donors (Lipinski definition) is 1. The fourth-order valence-corrected chi connectivity index (χ4v) is 1.16. The van der Waals surface area contributed by atoms with Crippen LogP contribution in [0.4, 0.5) is 5.69 Å². The van der Waals surface area contributed by atoms with Crippen molar-refractivity contribution >= 4 is 5.69 Å². The molecular formula is C9H7N5. The van der Waals surface area contributed by atoms with E-state index in [-0.39, 0.29) is 0 Å². The van der Waals surface area contributed by atoms with Crippen LogP contribution in [0.5, 0.6) is 0 Å². The molecule has 14 heavy (non-hydrogen) atoms. The van der Waals surface area contributed by atoms with Crippen LogP contribution in [0.1, 0.15) is 0 Å². The topological polar surface area (TPSA) is 77.4 Å². The number of hydrogen-bond acceptors (Lipinski definition) is 2. The van der Waals surface area contributed by atoms with Gasteiger partial charge in [0.15, 0.2) is 0 Å². The number of aromatic nitrogens is 2. The number of aromatic amines is 1. The maximum Gasteiger partial charge on any atom is 0.137 e. The number of imidazole rings is 1. The minimum Gasteiger partial charge on any atom is -0.345 e. The van der Waals surface area contributed by atoms with E-state index in [1.165, 1.54) is 0 Å². The third-order valence-corrected chi connectivity index (χ3v) is 1.80. The molecule has 0 spiro atoms. The molecule has 1 heterocycles. The highest BCUT2D eigenvalue weighted by Gasteiger charge is 1.97. The lowest BCUT2D eigenvalue weighted by Gasteiger charge is -1.96. The number of nitrogens with zero attached hydrogens (tertiary/aromatic N) is 4. The highest BCUT2D eigenvalue weighted by Crippen LogP contribution is 2.19. The van der Waals surface area contributed by atoms with Crippen molar-refractivity contribution in [3.05, 3.63) is 47.1 Å². The van der Waals surface area contributed by atoms with Crippen LogP contribution in [0, 0.1) is 0 Å². The third-order valence-electron chi connectivity index (χ3n) is 1.80. The molecule has 0 aliphatic carbocycles. The molecule has 0 saturated heterocycles. The molecule has 5 heteroatoms. The van der Waals surface area contributed by atoms with E-state index in [0.717, 1.165) is 11.4 Å². The van der Waals surface area contributed by atoms with E-state index in [0.29, 0.717) is 5.69 Å². The quantitative estimate of drug-likeness (QED) is 0.435. The second kappa shape index (κ2) is 3.64. The van der Waals surface area contributed by atoms with Crippen molar-refractivity contribution in [3.8, 4) is 11.4 Å². The zero-order valence-corrected chi connectivity index (χ0v) is 7.25. The summed E-state index contributed by atoms with van der Waals surface area (Å²) in [6.45, 7) is 0. The van der Waals surface area contributed by atoms with Crippen molar-refractivity contribution < 1.29 is 0 Å². The van der Waals surface area contributed by atoms with Gasteiger partial charge in [0.1, 0.15) is 5.82 Å². The number of rotatable bonds is 2. The SMILES string of the molecule is [N-]=[N+]=Nc1ccc(-c2ncc[nH]2)cc1. The average molecular weight is 185 g/mol. The maximum absolute atomic E-state index is 8.21. The van der Waals surface area contributed by atoms with Gasteiger partial charge in [0.2, 0.25) is 0 Å². The molecule has 0 aliphatic heterocycles. The highest BCUT2D eigenvalue weighted by molar-refractivity contribution is 5.58. The largest absolute Gasteiger partial charge is 0.345 e. The predicted molar refractivity (Wildman–Crippen MR) is 52.8 cm³/mol. The van der Waals surface area contributed by atoms with Gasteiger partial charge in [-0.1, -0.05) is 29.4 Å². The van der Waals surface area contributed by atoms with Gasteiger partial charge < -0.3 is 4.98 Å². The van der Waals surface area contributed by atoms with Gasteiger partial charge in [-0.3, -0.25) is 0 Å². The Bertz CT molecular complexity index is 450. The number of H-pyrrole nitrogens is 1. The van der Waals surface area contributed by atoms with E-state index >= 15 is 0 Å². The lowest BCUT2D eigenvalue weighted by atomic mass is 10.2. The number of nitrogens with one attached hydrogen (secondary N) is 1. The molecule has 0 atom stereocenters. The second-order valence-corrected chi connectivity index (χ2v) is 2.67. The summed E-state index contributed by atoms with van der Waals surface area (Å²) in [5, 5.41) is 3.48. The monoisotopic (exact) mass is 185 g/mol. The van der Waals surface area contributed by atoms with Gasteiger partial charge in [-0.15, -0.1) is 0 Å². The first kappa shape index (κ1) is 8.34. The molecule has 0 saturated carbocycles. The van der Waals surface area contributed by atoms with E-state index in [1.807, 2.05) is 12.1 Å². The maximum atomic E-state index is 8.21. The smallest absolute Gasteiger partial charge is 0.137 e. The summed E-state index contributed by atoms with van der Waals surface area (Å²) in [5.41, 5.74) is 9.78. The van der Waals surface area contributed by atoms with Gasteiger partial charge in [0.05, 0.1) is 0 Å². The van der Waals surface area contributed by atoms with Crippen LogP contribution in [-0.2, 0) is 0 Å². The third kappa shape index (κ3) is 1.57. The first-order chi connectivity index (χ1) is 6.90. The number of benzene rings is 1. The Morgan fingerprint density at radius 3 is 2.64 bits per heavy atom. The molecule has 1 aromatic heterocycles. The molecule has 0 radical (unpaired) electrons. The van der Waals surface area contributed by atoms with Gasteiger partial charge in [-0.2, -0.15) is 0 Å². The zero-order chi connectivity index (χ0) is 9.80. The summed E-state index contributed by atoms with van der Waals surface area (Å²) < 4.78 is 0. The van der Waals surface area contributed by atoms with E-state index in [9.17, 15) is 0 Å². The van der Waals surface area contributed by atoms with Crippen LogP contribution in [0.2, 0.25) is 0 Å². The fraction of sp³-hybridized carbons (Fsp3) is 0. The molecule has 2 aromatic rings. The molecule has 2 rings (SSSR count). The fourth-order valence-electron chi connectivity index (χ4n) is 1.16. The Labute approximate surface area is 80.1 Å². The molecule has 1 N–H and O–H groups in total. The molecule has 0 unspecified atom stereocenters. The molecule has 1 aromatic carbocycles. The van der Waals surface area contributed by atoms with Crippen molar-refractivity contribution in [2.45, 2.75) is 0 Å². The molecule has 0 amide bonds. The van der Waals surface area contributed by atoms with Crippen LogP contribution < -0.4 is 0 Å². The Morgan fingerprint density at radius 1 is 1.29 bits per heavy atom. The molecular weight excluding hydrogens is 178 g/mol. The van der Waals surface area contributed by atoms with Crippen molar-refractivity contribution in [2.75, 3.05) is 0 Å². The van der Waals surface area contributed by atoms with Gasteiger partial charge in [0, 0.05) is 28.6 Å². The summed E-state index contributed by atoms with van der Waals surface area (Å²) in [6.07, 6.45) is 3.45. The van der Waals surface area contributed by atoms with Crippen molar-refractivity contribution in [2.24, 2.45) is 5.11 Å². The van der Waals surface area contributed by atoms with Crippen LogP contribution in [0.3, 0.4) is 0 Å². The lowest BCUT2D eigenvalue weighted by molar-refractivity contribution is 1.31. The van der Waals surface area contributed by atoms with Crippen LogP contribution in [-0.4, -0.2) is 9.97 Å². The Hall–Kier alpha value is -2.26. The van der Waals surface area contributed by atoms with Crippen molar-refractivity contribution in [1.82, 2.24) is 9.97 Å². The number of azide groups is 1. The van der Waals surface area contributed by atoms with Crippen LogP contribution >= 0.6 is 0 Å². The molecule has 0 bridgehead atoms. The summed E-state index contributed by atoms with van der Waals surface area (Å²) >= 11 is 0. The Morgan fingerprint density at radius 2 is 2.07 bits per heavy atom. The van der Waals surface area contributed by atoms with Crippen LogP contribution in [0.25, 0.3) is 21.8 Å². The van der Waals surface area contributed by atoms with Crippen LogP contribution in [0.15, 0.2) is 41.8 Å². The summed E-state index contributed by atoms with van der Waals surface area (Å²) in [5.74, 6) is 0.803. The average Bonchev–Trinajstić information content (AvgIpc) is 2.72. The van der Waals surface area contributed by atoms with E-state index in [2.05, 4.69) is 20.0 Å². The van der Waals surface area contributed by atoms with Gasteiger partial charge in [-0.05, 0) is 5.53 Å². The minimum atomic E-state index is 0.600. The standard InChI is InChI=1S/C9H7N5/c10-14-13-8-3-1-7(2-4-8)9-11-5-6-12-9/h1-6H,(H,11,12). The molecule has 0 aliphatic rings. The van der Waals surface area contributed by atoms with Gasteiger partial charge in [0.25, 0.3) is 0 Å². The summed E-state index contributed by atoms with van der Waals surface area (Å²) in [6, 6.07) is 7.20. The molecule has 0 fully saturated rings. The van der Waals surface area contributed by atoms with Crippen molar-refractivity contribution in [3.63, 3.8) is 0 Å². The van der Waals surface area contributed by atoms with Gasteiger partial charge >= 0.3 is 0 Å². The predicted octanol–water partition coefficient (Wildman–Crippen LogP) is 3.02. The first-order valence-corrected chi connectivity index (χ1v) is 4.05. The van der Waals surface area contributed by atoms with E-state index in [4.69, 9.17) is 5.53 Å².